The highest BCUT2D eigenvalue weighted by molar-refractivity contribution is 7.20. The number of nitrogens with one attached hydrogen (secondary N) is 1. The lowest BCUT2D eigenvalue weighted by Crippen LogP contribution is -2.14. The lowest BCUT2D eigenvalue weighted by molar-refractivity contribution is -0.115. The molecule has 0 unspecified atom stereocenters. The van der Waals surface area contributed by atoms with E-state index in [1.54, 1.807) is 33.7 Å². The van der Waals surface area contributed by atoms with Gasteiger partial charge in [0.05, 0.1) is 22.7 Å². The second kappa shape index (κ2) is 6.96. The molecule has 124 valence electrons. The van der Waals surface area contributed by atoms with Crippen molar-refractivity contribution in [3.63, 3.8) is 0 Å². The van der Waals surface area contributed by atoms with E-state index in [0.29, 0.717) is 0 Å². The average Bonchev–Trinajstić information content (AvgIpc) is 3.37. The lowest BCUT2D eigenvalue weighted by Gasteiger charge is -2.05. The van der Waals surface area contributed by atoms with Gasteiger partial charge in [-0.15, -0.1) is 22.7 Å². The summed E-state index contributed by atoms with van der Waals surface area (Å²) >= 11 is 3.21. The third-order valence-electron chi connectivity index (χ3n) is 3.46. The molecule has 25 heavy (non-hydrogen) atoms. The highest BCUT2D eigenvalue weighted by Crippen LogP contribution is 2.28. The van der Waals surface area contributed by atoms with Crippen molar-refractivity contribution in [2.75, 3.05) is 5.32 Å². The van der Waals surface area contributed by atoms with Crippen molar-refractivity contribution in [3.05, 3.63) is 65.5 Å². The molecule has 0 spiro atoms. The molecule has 0 bridgehead atoms. The Morgan fingerprint density at radius 3 is 2.76 bits per heavy atom. The number of thiophene rings is 1. The van der Waals surface area contributed by atoms with Gasteiger partial charge >= 0.3 is 0 Å². The summed E-state index contributed by atoms with van der Waals surface area (Å²) < 4.78 is 1.66. The Bertz CT molecular complexity index is 959. The van der Waals surface area contributed by atoms with Crippen LogP contribution < -0.4 is 5.32 Å². The Hall–Kier alpha value is -2.84. The van der Waals surface area contributed by atoms with Gasteiger partial charge in [0.1, 0.15) is 17.7 Å². The summed E-state index contributed by atoms with van der Waals surface area (Å²) in [7, 11) is 0. The van der Waals surface area contributed by atoms with Crippen LogP contribution in [0.15, 0.2) is 59.8 Å². The predicted octanol–water partition coefficient (Wildman–Crippen LogP) is 3.63. The van der Waals surface area contributed by atoms with Gasteiger partial charge in [-0.2, -0.15) is 5.10 Å². The second-order valence-electron chi connectivity index (χ2n) is 5.23. The maximum absolute atomic E-state index is 12.2. The Morgan fingerprint density at radius 1 is 1.16 bits per heavy atom. The summed E-state index contributed by atoms with van der Waals surface area (Å²) in [6, 6.07) is 11.5. The minimum absolute atomic E-state index is 0.0865. The Labute approximate surface area is 151 Å². The van der Waals surface area contributed by atoms with Crippen LogP contribution in [0.5, 0.6) is 0 Å². The predicted molar refractivity (Wildman–Crippen MR) is 99.1 cm³/mol. The number of rotatable bonds is 5. The van der Waals surface area contributed by atoms with E-state index < -0.39 is 0 Å². The van der Waals surface area contributed by atoms with E-state index in [4.69, 9.17) is 0 Å². The third-order valence-corrected chi connectivity index (χ3v) is 5.39. The molecular weight excluding hydrogens is 354 g/mol. The molecule has 4 rings (SSSR count). The normalized spacial score (nSPS) is 10.7. The highest BCUT2D eigenvalue weighted by atomic mass is 32.1. The summed E-state index contributed by atoms with van der Waals surface area (Å²) in [4.78, 5) is 21.8. The van der Waals surface area contributed by atoms with Gasteiger partial charge < -0.3 is 5.32 Å². The number of carbonyl (C=O) groups is 1. The van der Waals surface area contributed by atoms with Gasteiger partial charge in [-0.3, -0.25) is 4.79 Å². The number of nitrogens with zero attached hydrogens (tertiary/aromatic N) is 4. The zero-order valence-corrected chi connectivity index (χ0v) is 14.6. The van der Waals surface area contributed by atoms with Crippen LogP contribution in [0.25, 0.3) is 15.6 Å². The maximum atomic E-state index is 12.2. The van der Waals surface area contributed by atoms with Gasteiger partial charge in [0.15, 0.2) is 0 Å². The van der Waals surface area contributed by atoms with Crippen molar-refractivity contribution < 1.29 is 4.79 Å². The number of aromatic nitrogens is 4. The average molecular weight is 367 g/mol. The molecule has 6 nitrogen and oxygen atoms in total. The summed E-state index contributed by atoms with van der Waals surface area (Å²) in [6.45, 7) is 0. The van der Waals surface area contributed by atoms with Crippen LogP contribution in [0.3, 0.4) is 0 Å². The standard InChI is InChI=1S/C17H13N5OS2/c23-16(8-13-9-25-17(21-13)15-2-1-7-24-15)20-12-3-5-14(6-4-12)22-11-18-10-19-22/h1-7,9-11H,8H2,(H,20,23). The zero-order chi connectivity index (χ0) is 17.1. The third kappa shape index (κ3) is 3.65. The molecule has 1 amide bonds. The Balaban J connectivity index is 1.39. The van der Waals surface area contributed by atoms with Gasteiger partial charge in [0.25, 0.3) is 0 Å². The minimum Gasteiger partial charge on any atom is -0.326 e. The number of amides is 1. The van der Waals surface area contributed by atoms with Crippen LogP contribution in [0.4, 0.5) is 5.69 Å². The zero-order valence-electron chi connectivity index (χ0n) is 13.0. The fraction of sp³-hybridized carbons (Fsp3) is 0.0588. The molecule has 0 aliphatic heterocycles. The van der Waals surface area contributed by atoms with E-state index in [9.17, 15) is 4.79 Å². The Kier molecular flexibility index (Phi) is 4.36. The largest absolute Gasteiger partial charge is 0.326 e. The van der Waals surface area contributed by atoms with Gasteiger partial charge in [0, 0.05) is 11.1 Å². The smallest absolute Gasteiger partial charge is 0.230 e. The van der Waals surface area contributed by atoms with Crippen LogP contribution >= 0.6 is 22.7 Å². The first-order chi connectivity index (χ1) is 12.3. The van der Waals surface area contributed by atoms with Crippen molar-refractivity contribution in [3.8, 4) is 15.6 Å². The van der Waals surface area contributed by atoms with E-state index in [1.165, 1.54) is 6.33 Å². The van der Waals surface area contributed by atoms with Crippen LogP contribution in [-0.2, 0) is 11.2 Å². The molecule has 0 saturated heterocycles. The number of benzene rings is 1. The van der Waals surface area contributed by atoms with E-state index >= 15 is 0 Å². The molecule has 4 aromatic rings. The molecule has 0 saturated carbocycles. The van der Waals surface area contributed by atoms with Crippen molar-refractivity contribution in [2.45, 2.75) is 6.42 Å². The van der Waals surface area contributed by atoms with Gasteiger partial charge in [0.2, 0.25) is 5.91 Å². The first kappa shape index (κ1) is 15.7. The SMILES string of the molecule is O=C(Cc1csc(-c2cccs2)n1)Nc1ccc(-n2cncn2)cc1. The molecule has 8 heteroatoms. The van der Waals surface area contributed by atoms with Gasteiger partial charge in [-0.25, -0.2) is 14.6 Å². The molecular formula is C17H13N5OS2. The fourth-order valence-corrected chi connectivity index (χ4v) is 3.94. The molecule has 3 aromatic heterocycles. The van der Waals surface area contributed by atoms with Crippen molar-refractivity contribution in [2.24, 2.45) is 0 Å². The first-order valence-electron chi connectivity index (χ1n) is 7.51. The van der Waals surface area contributed by atoms with Gasteiger partial charge in [-0.1, -0.05) is 6.07 Å². The lowest BCUT2D eigenvalue weighted by atomic mass is 10.2. The molecule has 0 aliphatic carbocycles. The van der Waals surface area contributed by atoms with Crippen LogP contribution in [0, 0.1) is 0 Å². The van der Waals surface area contributed by atoms with Crippen molar-refractivity contribution in [1.29, 1.82) is 0 Å². The molecule has 3 heterocycles. The summed E-state index contributed by atoms with van der Waals surface area (Å²) in [5.41, 5.74) is 2.41. The first-order valence-corrected chi connectivity index (χ1v) is 9.27. The number of carbonyl (C=O) groups excluding carboxylic acids is 1. The van der Waals surface area contributed by atoms with Crippen LogP contribution in [-0.4, -0.2) is 25.7 Å². The molecule has 0 fully saturated rings. The van der Waals surface area contributed by atoms with Crippen molar-refractivity contribution in [1.82, 2.24) is 19.7 Å². The second-order valence-corrected chi connectivity index (χ2v) is 7.04. The number of anilines is 1. The highest BCUT2D eigenvalue weighted by Gasteiger charge is 2.10. The summed E-state index contributed by atoms with van der Waals surface area (Å²) in [6.07, 6.45) is 3.36. The van der Waals surface area contributed by atoms with E-state index in [-0.39, 0.29) is 12.3 Å². The minimum atomic E-state index is -0.0865. The summed E-state index contributed by atoms with van der Waals surface area (Å²) in [5.74, 6) is -0.0865. The van der Waals surface area contributed by atoms with E-state index in [1.807, 2.05) is 47.2 Å². The monoisotopic (exact) mass is 367 g/mol. The van der Waals surface area contributed by atoms with Crippen LogP contribution in [0.2, 0.25) is 0 Å². The maximum Gasteiger partial charge on any atom is 0.230 e. The van der Waals surface area contributed by atoms with E-state index in [2.05, 4.69) is 20.4 Å². The molecule has 0 aliphatic rings. The van der Waals surface area contributed by atoms with Crippen molar-refractivity contribution >= 4 is 34.3 Å². The fourth-order valence-electron chi connectivity index (χ4n) is 2.31. The molecule has 0 radical (unpaired) electrons. The number of hydrogen-bond donors (Lipinski definition) is 1. The number of thiazole rings is 1. The molecule has 1 N–H and O–H groups in total. The number of hydrogen-bond acceptors (Lipinski definition) is 6. The Morgan fingerprint density at radius 2 is 2.04 bits per heavy atom. The summed E-state index contributed by atoms with van der Waals surface area (Å²) in [5, 5.41) is 11.9. The molecule has 1 aromatic carbocycles. The van der Waals surface area contributed by atoms with E-state index in [0.717, 1.165) is 27.0 Å². The quantitative estimate of drug-likeness (QED) is 0.585. The van der Waals surface area contributed by atoms with Crippen LogP contribution in [0.1, 0.15) is 5.69 Å². The molecule has 0 atom stereocenters. The topological polar surface area (TPSA) is 72.7 Å². The van der Waals surface area contributed by atoms with Gasteiger partial charge in [-0.05, 0) is 35.7 Å².